The van der Waals surface area contributed by atoms with E-state index in [0.717, 1.165) is 0 Å². The zero-order chi connectivity index (χ0) is 11.7. The second-order valence-corrected chi connectivity index (χ2v) is 3.93. The molecule has 0 aliphatic heterocycles. The van der Waals surface area contributed by atoms with Gasteiger partial charge in [-0.1, -0.05) is 0 Å². The van der Waals surface area contributed by atoms with Gasteiger partial charge in [0.05, 0.1) is 0 Å². The third-order valence-corrected chi connectivity index (χ3v) is 2.79. The highest BCUT2D eigenvalue weighted by molar-refractivity contribution is 5.80. The van der Waals surface area contributed by atoms with Crippen molar-refractivity contribution in [3.63, 3.8) is 0 Å². The summed E-state index contributed by atoms with van der Waals surface area (Å²) in [6.07, 6.45) is 0.159. The van der Waals surface area contributed by atoms with Gasteiger partial charge >= 0.3 is 0 Å². The Morgan fingerprint density at radius 1 is 1.00 bits per heavy atom. The van der Waals surface area contributed by atoms with E-state index in [9.17, 15) is 15.0 Å². The van der Waals surface area contributed by atoms with Gasteiger partial charge in [-0.05, 0) is 44.4 Å². The zero-order valence-electron chi connectivity index (χ0n) is 9.51. The lowest BCUT2D eigenvalue weighted by Gasteiger charge is -2.14. The molecule has 0 aliphatic rings. The van der Waals surface area contributed by atoms with Gasteiger partial charge < -0.3 is 10.2 Å². The van der Waals surface area contributed by atoms with E-state index in [2.05, 4.69) is 0 Å². The highest BCUT2D eigenvalue weighted by atomic mass is 16.3. The third-order valence-electron chi connectivity index (χ3n) is 2.79. The van der Waals surface area contributed by atoms with Crippen LogP contribution in [-0.4, -0.2) is 16.0 Å². The van der Waals surface area contributed by atoms with E-state index in [1.54, 1.807) is 20.8 Å². The van der Waals surface area contributed by atoms with Crippen LogP contribution in [0.1, 0.15) is 29.2 Å². The second kappa shape index (κ2) is 3.93. The van der Waals surface area contributed by atoms with Crippen LogP contribution >= 0.6 is 0 Å². The SMILES string of the molecule is CC(=O)Cc1c(C)c(O)c(C)c(C)c1O. The van der Waals surface area contributed by atoms with Crippen molar-refractivity contribution in [2.45, 2.75) is 34.1 Å². The fourth-order valence-corrected chi connectivity index (χ4v) is 1.65. The van der Waals surface area contributed by atoms with Gasteiger partial charge in [-0.3, -0.25) is 4.79 Å². The third kappa shape index (κ3) is 1.96. The summed E-state index contributed by atoms with van der Waals surface area (Å²) in [5.41, 5.74) is 2.42. The van der Waals surface area contributed by atoms with Crippen molar-refractivity contribution in [1.29, 1.82) is 0 Å². The highest BCUT2D eigenvalue weighted by Crippen LogP contribution is 2.36. The Morgan fingerprint density at radius 2 is 1.47 bits per heavy atom. The molecule has 0 heterocycles. The van der Waals surface area contributed by atoms with Crippen LogP contribution in [0.15, 0.2) is 0 Å². The average molecular weight is 208 g/mol. The van der Waals surface area contributed by atoms with E-state index < -0.39 is 0 Å². The molecule has 0 aliphatic carbocycles. The molecule has 0 spiro atoms. The molecule has 0 radical (unpaired) electrons. The maximum absolute atomic E-state index is 11.0. The molecule has 0 bridgehead atoms. The van der Waals surface area contributed by atoms with Gasteiger partial charge in [-0.25, -0.2) is 0 Å². The molecule has 0 fully saturated rings. The van der Waals surface area contributed by atoms with Gasteiger partial charge in [0.15, 0.2) is 0 Å². The molecule has 1 aromatic rings. The number of ketones is 1. The molecule has 0 saturated heterocycles. The number of hydrogen-bond donors (Lipinski definition) is 2. The Morgan fingerprint density at radius 3 is 1.93 bits per heavy atom. The first kappa shape index (κ1) is 11.6. The summed E-state index contributed by atoms with van der Waals surface area (Å²) in [5, 5.41) is 19.7. The Labute approximate surface area is 89.4 Å². The molecule has 1 rings (SSSR count). The molecule has 82 valence electrons. The summed E-state index contributed by atoms with van der Waals surface area (Å²) in [6.45, 7) is 6.65. The van der Waals surface area contributed by atoms with Gasteiger partial charge in [0.1, 0.15) is 17.3 Å². The maximum Gasteiger partial charge on any atom is 0.134 e. The molecule has 0 aromatic heterocycles. The van der Waals surface area contributed by atoms with Crippen LogP contribution in [0.4, 0.5) is 0 Å². The lowest BCUT2D eigenvalue weighted by molar-refractivity contribution is -0.116. The minimum absolute atomic E-state index is 0.0314. The van der Waals surface area contributed by atoms with E-state index in [-0.39, 0.29) is 23.7 Å². The Bertz CT molecular complexity index is 390. The van der Waals surface area contributed by atoms with Crippen LogP contribution in [0.5, 0.6) is 11.5 Å². The number of rotatable bonds is 2. The van der Waals surface area contributed by atoms with Gasteiger partial charge in [-0.2, -0.15) is 0 Å². The van der Waals surface area contributed by atoms with E-state index >= 15 is 0 Å². The quantitative estimate of drug-likeness (QED) is 0.732. The van der Waals surface area contributed by atoms with Gasteiger partial charge in [-0.15, -0.1) is 0 Å². The summed E-state index contributed by atoms with van der Waals surface area (Å²) in [7, 11) is 0. The minimum Gasteiger partial charge on any atom is -0.507 e. The predicted octanol–water partition coefficient (Wildman–Crippen LogP) is 2.15. The number of Topliss-reactive ketones (excluding diaryl/α,β-unsaturated/α-hetero) is 1. The summed E-state index contributed by atoms with van der Waals surface area (Å²) in [4.78, 5) is 11.0. The molecule has 0 saturated carbocycles. The molecular weight excluding hydrogens is 192 g/mol. The summed E-state index contributed by atoms with van der Waals surface area (Å²) < 4.78 is 0. The van der Waals surface area contributed by atoms with E-state index in [1.807, 2.05) is 0 Å². The Balaban J connectivity index is 3.45. The van der Waals surface area contributed by atoms with Crippen LogP contribution < -0.4 is 0 Å². The van der Waals surface area contributed by atoms with Crippen LogP contribution in [0.3, 0.4) is 0 Å². The number of carbonyl (C=O) groups excluding carboxylic acids is 1. The molecular formula is C12H16O3. The van der Waals surface area contributed by atoms with Crippen molar-refractivity contribution in [2.75, 3.05) is 0 Å². The molecule has 3 heteroatoms. The first-order chi connectivity index (χ1) is 6.86. The molecule has 2 N–H and O–H groups in total. The lowest BCUT2D eigenvalue weighted by Crippen LogP contribution is -2.02. The number of carbonyl (C=O) groups is 1. The zero-order valence-corrected chi connectivity index (χ0v) is 9.51. The van der Waals surface area contributed by atoms with Crippen LogP contribution in [0.25, 0.3) is 0 Å². The van der Waals surface area contributed by atoms with E-state index in [4.69, 9.17) is 0 Å². The molecule has 0 amide bonds. The lowest BCUT2D eigenvalue weighted by atomic mass is 9.94. The van der Waals surface area contributed by atoms with Crippen LogP contribution in [-0.2, 0) is 11.2 Å². The number of benzene rings is 1. The van der Waals surface area contributed by atoms with Gasteiger partial charge in [0.25, 0.3) is 0 Å². The summed E-state index contributed by atoms with van der Waals surface area (Å²) in [6, 6.07) is 0. The van der Waals surface area contributed by atoms with Crippen molar-refractivity contribution >= 4 is 5.78 Å². The molecule has 1 aromatic carbocycles. The summed E-state index contributed by atoms with van der Waals surface area (Å²) in [5.74, 6) is 0.260. The van der Waals surface area contributed by atoms with Gasteiger partial charge in [0, 0.05) is 12.0 Å². The van der Waals surface area contributed by atoms with Crippen molar-refractivity contribution in [2.24, 2.45) is 0 Å². The molecule has 3 nitrogen and oxygen atoms in total. The van der Waals surface area contributed by atoms with Crippen molar-refractivity contribution in [3.05, 3.63) is 22.3 Å². The smallest absolute Gasteiger partial charge is 0.134 e. The molecule has 0 atom stereocenters. The first-order valence-corrected chi connectivity index (χ1v) is 4.86. The highest BCUT2D eigenvalue weighted by Gasteiger charge is 2.16. The average Bonchev–Trinajstić information content (AvgIpc) is 2.18. The fraction of sp³-hybridized carbons (Fsp3) is 0.417. The predicted molar refractivity (Wildman–Crippen MR) is 58.4 cm³/mol. The Kier molecular flexibility index (Phi) is 3.03. The monoisotopic (exact) mass is 208 g/mol. The topological polar surface area (TPSA) is 57.5 Å². The normalized spacial score (nSPS) is 10.4. The first-order valence-electron chi connectivity index (χ1n) is 4.86. The number of hydrogen-bond acceptors (Lipinski definition) is 3. The van der Waals surface area contributed by atoms with Crippen LogP contribution in [0, 0.1) is 20.8 Å². The minimum atomic E-state index is -0.0314. The number of phenolic OH excluding ortho intramolecular Hbond substituents is 2. The van der Waals surface area contributed by atoms with Crippen molar-refractivity contribution in [1.82, 2.24) is 0 Å². The largest absolute Gasteiger partial charge is 0.507 e. The van der Waals surface area contributed by atoms with E-state index in [1.165, 1.54) is 6.92 Å². The summed E-state index contributed by atoms with van der Waals surface area (Å²) >= 11 is 0. The van der Waals surface area contributed by atoms with E-state index in [0.29, 0.717) is 22.3 Å². The van der Waals surface area contributed by atoms with Gasteiger partial charge in [0.2, 0.25) is 0 Å². The van der Waals surface area contributed by atoms with Crippen molar-refractivity contribution < 1.29 is 15.0 Å². The molecule has 15 heavy (non-hydrogen) atoms. The fourth-order valence-electron chi connectivity index (χ4n) is 1.65. The Hall–Kier alpha value is -1.51. The molecule has 0 unspecified atom stereocenters. The van der Waals surface area contributed by atoms with Crippen LogP contribution in [0.2, 0.25) is 0 Å². The second-order valence-electron chi connectivity index (χ2n) is 3.93. The number of phenols is 2. The maximum atomic E-state index is 11.0. The number of aromatic hydroxyl groups is 2. The van der Waals surface area contributed by atoms with Crippen molar-refractivity contribution in [3.8, 4) is 11.5 Å². The standard InChI is InChI=1S/C12H16O3/c1-6(13)5-10-9(4)11(14)7(2)8(3)12(10)15/h14-15H,5H2,1-4H3.